The molecule has 0 N–H and O–H groups in total. The highest BCUT2D eigenvalue weighted by Gasteiger charge is 2.23. The second-order valence-electron chi connectivity index (χ2n) is 16.0. The summed E-state index contributed by atoms with van der Waals surface area (Å²) in [5.41, 5.74) is 13.4. The first-order valence-corrected chi connectivity index (χ1v) is 21.2. The van der Waals surface area contributed by atoms with Crippen molar-refractivity contribution >= 4 is 65.6 Å². The van der Waals surface area contributed by atoms with E-state index in [0.29, 0.717) is 17.6 Å². The van der Waals surface area contributed by atoms with Gasteiger partial charge in [-0.05, 0) is 82.9 Å². The van der Waals surface area contributed by atoms with Gasteiger partial charge >= 0.3 is 0 Å². The van der Waals surface area contributed by atoms with Gasteiger partial charge in [0, 0.05) is 49.1 Å². The molecule has 0 radical (unpaired) electrons. The van der Waals surface area contributed by atoms with Crippen molar-refractivity contribution in [1.82, 2.24) is 24.1 Å². The van der Waals surface area contributed by atoms with E-state index in [9.17, 15) is 0 Å². The van der Waals surface area contributed by atoms with E-state index in [-0.39, 0.29) is 0 Å². The maximum absolute atomic E-state index is 6.66. The molecule has 0 bridgehead atoms. The maximum Gasteiger partial charge on any atom is 0.238 e. The van der Waals surface area contributed by atoms with Crippen LogP contribution in [-0.4, -0.2) is 24.1 Å². The molecule has 294 valence electrons. The average Bonchev–Trinajstić information content (AvgIpc) is 4.02. The van der Waals surface area contributed by atoms with Gasteiger partial charge in [0.1, 0.15) is 11.2 Å². The summed E-state index contributed by atoms with van der Waals surface area (Å²) in [6.45, 7) is 0. The first-order chi connectivity index (χ1) is 31.2. The number of para-hydroxylation sites is 3. The van der Waals surface area contributed by atoms with Gasteiger partial charge in [0.25, 0.3) is 0 Å². The molecule has 0 unspecified atom stereocenters. The number of furan rings is 1. The van der Waals surface area contributed by atoms with Crippen molar-refractivity contribution < 1.29 is 4.42 Å². The van der Waals surface area contributed by atoms with E-state index < -0.39 is 0 Å². The molecule has 4 aromatic heterocycles. The predicted octanol–water partition coefficient (Wildman–Crippen LogP) is 14.6. The van der Waals surface area contributed by atoms with Gasteiger partial charge in [-0.2, -0.15) is 9.97 Å². The largest absolute Gasteiger partial charge is 0.456 e. The highest BCUT2D eigenvalue weighted by molar-refractivity contribution is 6.26. The predicted molar refractivity (Wildman–Crippen MR) is 258 cm³/mol. The van der Waals surface area contributed by atoms with Crippen LogP contribution in [-0.2, 0) is 0 Å². The number of rotatable bonds is 6. The lowest BCUT2D eigenvalue weighted by Crippen LogP contribution is -2.06. The second-order valence-corrected chi connectivity index (χ2v) is 16.0. The Kier molecular flexibility index (Phi) is 7.80. The highest BCUT2D eigenvalue weighted by atomic mass is 16.3. The Bertz CT molecular complexity index is 3900. The lowest BCUT2D eigenvalue weighted by molar-refractivity contribution is 0.669. The van der Waals surface area contributed by atoms with Crippen molar-refractivity contribution in [2.45, 2.75) is 0 Å². The summed E-state index contributed by atoms with van der Waals surface area (Å²) in [6.07, 6.45) is 0. The van der Waals surface area contributed by atoms with Crippen LogP contribution < -0.4 is 0 Å². The van der Waals surface area contributed by atoms with Crippen molar-refractivity contribution in [3.63, 3.8) is 0 Å². The van der Waals surface area contributed by atoms with Crippen LogP contribution in [0.1, 0.15) is 0 Å². The van der Waals surface area contributed by atoms with Crippen molar-refractivity contribution in [3.05, 3.63) is 212 Å². The lowest BCUT2D eigenvalue weighted by Gasteiger charge is -2.11. The molecule has 0 atom stereocenters. The van der Waals surface area contributed by atoms with Crippen LogP contribution in [0.3, 0.4) is 0 Å². The minimum atomic E-state index is 0.541. The third-order valence-corrected chi connectivity index (χ3v) is 12.4. The van der Waals surface area contributed by atoms with Crippen LogP contribution in [0, 0.1) is 0 Å². The number of nitrogens with zero attached hydrogens (tertiary/aromatic N) is 5. The van der Waals surface area contributed by atoms with Crippen LogP contribution in [0.5, 0.6) is 0 Å². The molecule has 4 heterocycles. The van der Waals surface area contributed by atoms with Gasteiger partial charge in [0.05, 0.1) is 22.1 Å². The minimum Gasteiger partial charge on any atom is -0.456 e. The first-order valence-electron chi connectivity index (χ1n) is 21.2. The Morgan fingerprint density at radius 3 is 1.57 bits per heavy atom. The molecule has 0 saturated carbocycles. The zero-order valence-corrected chi connectivity index (χ0v) is 33.9. The Labute approximate surface area is 361 Å². The number of hydrogen-bond acceptors (Lipinski definition) is 4. The van der Waals surface area contributed by atoms with E-state index >= 15 is 0 Å². The van der Waals surface area contributed by atoms with Crippen molar-refractivity contribution in [1.29, 1.82) is 0 Å². The molecule has 9 aromatic carbocycles. The standard InChI is InChI=1S/C57H35N5O/c1-4-15-36(16-5-1)38-19-14-20-39(33-38)40-27-29-44-45-30-28-41(35-52(45)63-51(44)34-40)56-58-55(37-17-6-2-7-18-37)59-57(60-56)62-49-26-13-11-24-47(49)53-50(62)32-31-46-43-23-10-12-25-48(43)61(54(46)53)42-21-8-3-9-22-42/h1-35H. The Morgan fingerprint density at radius 2 is 0.841 bits per heavy atom. The summed E-state index contributed by atoms with van der Waals surface area (Å²) in [5.74, 6) is 1.69. The van der Waals surface area contributed by atoms with Crippen LogP contribution in [0.15, 0.2) is 217 Å². The third kappa shape index (κ3) is 5.62. The monoisotopic (exact) mass is 805 g/mol. The molecule has 6 nitrogen and oxygen atoms in total. The van der Waals surface area contributed by atoms with Gasteiger partial charge in [-0.25, -0.2) is 4.98 Å². The Morgan fingerprint density at radius 1 is 0.317 bits per heavy atom. The molecule has 6 heteroatoms. The van der Waals surface area contributed by atoms with Crippen LogP contribution in [0.2, 0.25) is 0 Å². The van der Waals surface area contributed by atoms with Crippen molar-refractivity contribution in [2.75, 3.05) is 0 Å². The molecular formula is C57H35N5O. The minimum absolute atomic E-state index is 0.541. The summed E-state index contributed by atoms with van der Waals surface area (Å²) in [6, 6.07) is 74.4. The second kappa shape index (κ2) is 14.0. The van der Waals surface area contributed by atoms with Gasteiger partial charge in [-0.3, -0.25) is 4.57 Å². The number of aromatic nitrogens is 5. The quantitative estimate of drug-likeness (QED) is 0.168. The summed E-state index contributed by atoms with van der Waals surface area (Å²) in [5, 5.41) is 6.76. The fourth-order valence-corrected chi connectivity index (χ4v) is 9.48. The summed E-state index contributed by atoms with van der Waals surface area (Å²) < 4.78 is 11.3. The molecule has 0 amide bonds. The van der Waals surface area contributed by atoms with Gasteiger partial charge in [-0.15, -0.1) is 0 Å². The van der Waals surface area contributed by atoms with E-state index in [2.05, 4.69) is 185 Å². The summed E-state index contributed by atoms with van der Waals surface area (Å²) >= 11 is 0. The molecule has 13 rings (SSSR count). The highest BCUT2D eigenvalue weighted by Crippen LogP contribution is 2.42. The maximum atomic E-state index is 6.66. The fraction of sp³-hybridized carbons (Fsp3) is 0. The molecule has 63 heavy (non-hydrogen) atoms. The smallest absolute Gasteiger partial charge is 0.238 e. The first kappa shape index (κ1) is 35.2. The van der Waals surface area contributed by atoms with Gasteiger partial charge in [0.2, 0.25) is 5.95 Å². The van der Waals surface area contributed by atoms with Crippen LogP contribution in [0.4, 0.5) is 0 Å². The van der Waals surface area contributed by atoms with E-state index in [1.165, 1.54) is 21.9 Å². The third-order valence-electron chi connectivity index (χ3n) is 12.4. The summed E-state index contributed by atoms with van der Waals surface area (Å²) in [7, 11) is 0. The average molecular weight is 806 g/mol. The summed E-state index contributed by atoms with van der Waals surface area (Å²) in [4.78, 5) is 15.7. The number of benzene rings is 9. The Hall–Kier alpha value is -8.61. The molecule has 0 aliphatic heterocycles. The lowest BCUT2D eigenvalue weighted by atomic mass is 9.98. The van der Waals surface area contributed by atoms with Gasteiger partial charge in [0.15, 0.2) is 11.6 Å². The molecule has 0 fully saturated rings. The van der Waals surface area contributed by atoms with E-state index in [0.717, 1.165) is 82.7 Å². The fourth-order valence-electron chi connectivity index (χ4n) is 9.48. The molecule has 0 spiro atoms. The topological polar surface area (TPSA) is 61.7 Å². The molecule has 0 aliphatic rings. The molecule has 13 aromatic rings. The SMILES string of the molecule is c1ccc(-c2cccc(-c3ccc4c(c3)oc3cc(-c5nc(-c6ccccc6)nc(-n6c7ccccc7c7c6ccc6c8ccccc8n(-c8ccccc8)c67)n5)ccc34)c2)cc1. The zero-order chi connectivity index (χ0) is 41.4. The number of hydrogen-bond donors (Lipinski definition) is 0. The van der Waals surface area contributed by atoms with Crippen LogP contribution in [0.25, 0.3) is 122 Å². The van der Waals surface area contributed by atoms with Crippen molar-refractivity contribution in [2.24, 2.45) is 0 Å². The van der Waals surface area contributed by atoms with Gasteiger partial charge in [-0.1, -0.05) is 152 Å². The van der Waals surface area contributed by atoms with Gasteiger partial charge < -0.3 is 8.98 Å². The molecule has 0 saturated heterocycles. The number of fused-ring (bicyclic) bond motifs is 10. The van der Waals surface area contributed by atoms with E-state index in [1.54, 1.807) is 0 Å². The molecular weight excluding hydrogens is 771 g/mol. The van der Waals surface area contributed by atoms with Crippen molar-refractivity contribution in [3.8, 4) is 56.7 Å². The zero-order valence-electron chi connectivity index (χ0n) is 33.9. The van der Waals surface area contributed by atoms with Crippen LogP contribution >= 0.6 is 0 Å². The van der Waals surface area contributed by atoms with E-state index in [4.69, 9.17) is 19.4 Å². The Balaban J connectivity index is 1.000. The molecule has 0 aliphatic carbocycles. The van der Waals surface area contributed by atoms with E-state index in [1.807, 2.05) is 36.4 Å². The normalized spacial score (nSPS) is 11.8.